The number of hydrogen-bond acceptors (Lipinski definition) is 2. The first-order valence-corrected chi connectivity index (χ1v) is 10.4. The number of hydrogen-bond donors (Lipinski definition) is 0. The van der Waals surface area contributed by atoms with Crippen molar-refractivity contribution in [3.63, 3.8) is 0 Å². The largest absolute Gasteiger partial charge is 0.456 e. The van der Waals surface area contributed by atoms with E-state index in [1.807, 2.05) is 48.7 Å². The van der Waals surface area contributed by atoms with E-state index >= 15 is 0 Å². The number of aromatic nitrogens is 1. The lowest BCUT2D eigenvalue weighted by molar-refractivity contribution is 0.494. The summed E-state index contributed by atoms with van der Waals surface area (Å²) in [5.74, 6) is 1.66. The molecule has 2 heteroatoms. The Hall–Kier alpha value is -4.17. The topological polar surface area (TPSA) is 22.1 Å². The monoisotopic (exact) mass is 397 g/mol. The van der Waals surface area contributed by atoms with E-state index in [2.05, 4.69) is 66.7 Å². The van der Waals surface area contributed by atoms with Gasteiger partial charge in [-0.2, -0.15) is 0 Å². The molecule has 0 atom stereocenters. The Morgan fingerprint density at radius 2 is 1.16 bits per heavy atom. The van der Waals surface area contributed by atoms with Crippen LogP contribution >= 0.6 is 0 Å². The standard InChI is InChI=1S/C29H19NO/c1-3-11-20(12-4-1)26-24-17-9-10-18-25(24)29(31-22-14-5-2-6-15-22)27-23-16-8-7-13-21(23)19-30-28(26)27/h1-19H. The first-order chi connectivity index (χ1) is 15.4. The predicted octanol–water partition coefficient (Wildman–Crippen LogP) is 8.00. The van der Waals surface area contributed by atoms with Gasteiger partial charge in [-0.15, -0.1) is 0 Å². The number of benzene rings is 5. The van der Waals surface area contributed by atoms with Crippen LogP contribution in [0.1, 0.15) is 0 Å². The zero-order chi connectivity index (χ0) is 20.6. The van der Waals surface area contributed by atoms with Gasteiger partial charge in [-0.05, 0) is 28.5 Å². The van der Waals surface area contributed by atoms with Gasteiger partial charge in [-0.3, -0.25) is 4.98 Å². The fraction of sp³-hybridized carbons (Fsp3) is 0. The molecule has 2 nitrogen and oxygen atoms in total. The van der Waals surface area contributed by atoms with Crippen LogP contribution in [0, 0.1) is 0 Å². The highest BCUT2D eigenvalue weighted by molar-refractivity contribution is 6.22. The minimum absolute atomic E-state index is 0.814. The van der Waals surface area contributed by atoms with Crippen molar-refractivity contribution in [3.8, 4) is 22.6 Å². The minimum atomic E-state index is 0.814. The van der Waals surface area contributed by atoms with Crippen LogP contribution in [0.5, 0.6) is 11.5 Å². The number of nitrogens with zero attached hydrogens (tertiary/aromatic N) is 1. The van der Waals surface area contributed by atoms with E-state index in [4.69, 9.17) is 9.72 Å². The highest BCUT2D eigenvalue weighted by atomic mass is 16.5. The van der Waals surface area contributed by atoms with E-state index in [9.17, 15) is 0 Å². The van der Waals surface area contributed by atoms with Crippen LogP contribution in [-0.4, -0.2) is 4.98 Å². The minimum Gasteiger partial charge on any atom is -0.456 e. The molecule has 0 spiro atoms. The van der Waals surface area contributed by atoms with E-state index in [-0.39, 0.29) is 0 Å². The fourth-order valence-electron chi connectivity index (χ4n) is 4.35. The van der Waals surface area contributed by atoms with Gasteiger partial charge in [0.05, 0.1) is 10.9 Å². The average Bonchev–Trinajstić information content (AvgIpc) is 2.85. The summed E-state index contributed by atoms with van der Waals surface area (Å²) in [6.45, 7) is 0. The van der Waals surface area contributed by atoms with Crippen molar-refractivity contribution in [2.75, 3.05) is 0 Å². The lowest BCUT2D eigenvalue weighted by Gasteiger charge is -2.18. The fourth-order valence-corrected chi connectivity index (χ4v) is 4.35. The first kappa shape index (κ1) is 17.7. The number of pyridine rings is 1. The van der Waals surface area contributed by atoms with Gasteiger partial charge in [0.1, 0.15) is 11.5 Å². The summed E-state index contributed by atoms with van der Waals surface area (Å²) in [6.07, 6.45) is 1.96. The third-order valence-electron chi connectivity index (χ3n) is 5.73. The smallest absolute Gasteiger partial charge is 0.145 e. The molecule has 5 aromatic carbocycles. The van der Waals surface area contributed by atoms with E-state index in [0.717, 1.165) is 55.1 Å². The van der Waals surface area contributed by atoms with Crippen LogP contribution in [-0.2, 0) is 0 Å². The van der Waals surface area contributed by atoms with Crippen molar-refractivity contribution < 1.29 is 4.74 Å². The van der Waals surface area contributed by atoms with Crippen molar-refractivity contribution >= 4 is 32.4 Å². The van der Waals surface area contributed by atoms with Gasteiger partial charge >= 0.3 is 0 Å². The highest BCUT2D eigenvalue weighted by Crippen LogP contribution is 2.46. The van der Waals surface area contributed by atoms with Gasteiger partial charge < -0.3 is 4.74 Å². The van der Waals surface area contributed by atoms with Crippen LogP contribution in [0.2, 0.25) is 0 Å². The Bertz CT molecular complexity index is 1540. The van der Waals surface area contributed by atoms with E-state index in [1.165, 1.54) is 0 Å². The zero-order valence-corrected chi connectivity index (χ0v) is 16.8. The second-order valence-corrected chi connectivity index (χ2v) is 7.60. The SMILES string of the molecule is c1ccc(Oc2c3ccccc3c(-c3ccccc3)c3ncc4ccccc4c23)cc1. The van der Waals surface area contributed by atoms with Crippen molar-refractivity contribution in [3.05, 3.63) is 115 Å². The van der Waals surface area contributed by atoms with Crippen molar-refractivity contribution in [1.82, 2.24) is 4.98 Å². The maximum absolute atomic E-state index is 6.56. The van der Waals surface area contributed by atoms with Gasteiger partial charge in [-0.25, -0.2) is 0 Å². The summed E-state index contributed by atoms with van der Waals surface area (Å²) < 4.78 is 6.56. The summed E-state index contributed by atoms with van der Waals surface area (Å²) in [4.78, 5) is 4.96. The summed E-state index contributed by atoms with van der Waals surface area (Å²) in [7, 11) is 0. The molecule has 6 aromatic rings. The quantitative estimate of drug-likeness (QED) is 0.223. The zero-order valence-electron chi connectivity index (χ0n) is 16.8. The Morgan fingerprint density at radius 3 is 1.94 bits per heavy atom. The molecule has 0 fully saturated rings. The Balaban J connectivity index is 1.82. The summed E-state index contributed by atoms with van der Waals surface area (Å²) in [5.41, 5.74) is 3.24. The first-order valence-electron chi connectivity index (χ1n) is 10.4. The molecular weight excluding hydrogens is 378 g/mol. The molecule has 0 radical (unpaired) electrons. The summed E-state index contributed by atoms with van der Waals surface area (Å²) >= 11 is 0. The molecule has 0 aliphatic heterocycles. The molecule has 146 valence electrons. The van der Waals surface area contributed by atoms with E-state index in [0.29, 0.717) is 0 Å². The van der Waals surface area contributed by atoms with Crippen LogP contribution in [0.25, 0.3) is 43.6 Å². The van der Waals surface area contributed by atoms with Crippen LogP contribution in [0.15, 0.2) is 115 Å². The number of ether oxygens (including phenoxy) is 1. The molecule has 0 saturated carbocycles. The summed E-state index contributed by atoms with van der Waals surface area (Å²) in [5, 5.41) is 5.49. The molecule has 0 aliphatic carbocycles. The average molecular weight is 397 g/mol. The molecule has 1 heterocycles. The maximum atomic E-state index is 6.56. The van der Waals surface area contributed by atoms with Crippen LogP contribution < -0.4 is 4.74 Å². The van der Waals surface area contributed by atoms with Gasteiger partial charge in [0.15, 0.2) is 0 Å². The molecule has 0 N–H and O–H groups in total. The normalized spacial score (nSPS) is 11.2. The Morgan fingerprint density at radius 1 is 0.548 bits per heavy atom. The van der Waals surface area contributed by atoms with E-state index < -0.39 is 0 Å². The molecule has 31 heavy (non-hydrogen) atoms. The van der Waals surface area contributed by atoms with Crippen molar-refractivity contribution in [2.24, 2.45) is 0 Å². The van der Waals surface area contributed by atoms with Gasteiger partial charge in [0.25, 0.3) is 0 Å². The lowest BCUT2D eigenvalue weighted by Crippen LogP contribution is -1.94. The van der Waals surface area contributed by atoms with Crippen LogP contribution in [0.4, 0.5) is 0 Å². The molecule has 0 bridgehead atoms. The van der Waals surface area contributed by atoms with Crippen molar-refractivity contribution in [1.29, 1.82) is 0 Å². The predicted molar refractivity (Wildman–Crippen MR) is 129 cm³/mol. The number of fused-ring (bicyclic) bond motifs is 4. The van der Waals surface area contributed by atoms with Gasteiger partial charge in [0, 0.05) is 22.5 Å². The maximum Gasteiger partial charge on any atom is 0.145 e. The molecular formula is C29H19NO. The third kappa shape index (κ3) is 2.92. The summed E-state index contributed by atoms with van der Waals surface area (Å²) in [6, 6.07) is 37.3. The van der Waals surface area contributed by atoms with Crippen LogP contribution in [0.3, 0.4) is 0 Å². The lowest BCUT2D eigenvalue weighted by atomic mass is 9.92. The van der Waals surface area contributed by atoms with Crippen molar-refractivity contribution in [2.45, 2.75) is 0 Å². The molecule has 0 amide bonds. The van der Waals surface area contributed by atoms with Gasteiger partial charge in [0.2, 0.25) is 0 Å². The Labute approximate surface area is 180 Å². The molecule has 1 aromatic heterocycles. The third-order valence-corrected chi connectivity index (χ3v) is 5.73. The Kier molecular flexibility index (Phi) is 4.14. The van der Waals surface area contributed by atoms with Gasteiger partial charge in [-0.1, -0.05) is 97.1 Å². The molecule has 0 aliphatic rings. The van der Waals surface area contributed by atoms with E-state index in [1.54, 1.807) is 0 Å². The highest BCUT2D eigenvalue weighted by Gasteiger charge is 2.19. The number of para-hydroxylation sites is 1. The molecule has 0 saturated heterocycles. The molecule has 0 unspecified atom stereocenters. The second-order valence-electron chi connectivity index (χ2n) is 7.60. The second kappa shape index (κ2) is 7.26. The molecule has 6 rings (SSSR count). The number of rotatable bonds is 3.